The zero-order chi connectivity index (χ0) is 18.7. The minimum Gasteiger partial charge on any atom is -0.504 e. The molecule has 2 amide bonds. The molecule has 0 aromatic heterocycles. The van der Waals surface area contributed by atoms with Gasteiger partial charge in [0.15, 0.2) is 17.2 Å². The average molecular weight is 356 g/mol. The van der Waals surface area contributed by atoms with Gasteiger partial charge in [-0.2, -0.15) is 0 Å². The van der Waals surface area contributed by atoms with Gasteiger partial charge in [0.25, 0.3) is 11.8 Å². The van der Waals surface area contributed by atoms with E-state index in [1.165, 1.54) is 0 Å². The van der Waals surface area contributed by atoms with E-state index in [9.17, 15) is 24.9 Å². The molecule has 26 heavy (non-hydrogen) atoms. The van der Waals surface area contributed by atoms with Crippen LogP contribution in [0.2, 0.25) is 0 Å². The van der Waals surface area contributed by atoms with Crippen molar-refractivity contribution in [2.24, 2.45) is 0 Å². The second kappa shape index (κ2) is 7.35. The van der Waals surface area contributed by atoms with Crippen LogP contribution in [0.3, 0.4) is 0 Å². The van der Waals surface area contributed by atoms with Crippen LogP contribution < -0.4 is 0 Å². The average Bonchev–Trinajstić information content (AvgIpc) is 2.91. The zero-order valence-electron chi connectivity index (χ0n) is 14.1. The molecule has 0 radical (unpaired) electrons. The molecule has 3 rings (SSSR count). The van der Waals surface area contributed by atoms with Crippen LogP contribution in [0, 0.1) is 0 Å². The molecular weight excluding hydrogens is 336 g/mol. The van der Waals surface area contributed by atoms with E-state index in [1.807, 2.05) is 18.2 Å². The van der Waals surface area contributed by atoms with Crippen molar-refractivity contribution in [2.45, 2.75) is 6.42 Å². The Morgan fingerprint density at radius 2 is 1.23 bits per heavy atom. The predicted molar refractivity (Wildman–Crippen MR) is 94.3 cm³/mol. The highest BCUT2D eigenvalue weighted by Crippen LogP contribution is 2.35. The summed E-state index contributed by atoms with van der Waals surface area (Å²) in [6.45, 7) is 1.75. The number of nitrogens with zero attached hydrogens (tertiary/aromatic N) is 2. The molecule has 1 fully saturated rings. The molecule has 2 aromatic carbocycles. The van der Waals surface area contributed by atoms with Crippen molar-refractivity contribution >= 4 is 11.8 Å². The third-order valence-corrected chi connectivity index (χ3v) is 4.41. The van der Waals surface area contributed by atoms with E-state index in [2.05, 4.69) is 0 Å². The van der Waals surface area contributed by atoms with E-state index in [0.29, 0.717) is 38.2 Å². The molecule has 0 saturated carbocycles. The van der Waals surface area contributed by atoms with Gasteiger partial charge in [-0.1, -0.05) is 18.2 Å². The normalized spacial score (nSPS) is 14.8. The topological polar surface area (TPSA) is 101 Å². The number of amides is 2. The maximum atomic E-state index is 12.6. The quantitative estimate of drug-likeness (QED) is 0.712. The standard InChI is InChI=1S/C19H20N2O5/c22-15-11-14(12-16(23)17(15)24)19(26)21-8-4-7-20(9-10-21)18(25)13-5-2-1-3-6-13/h1-3,5-6,11-12,22-24H,4,7-10H2. The van der Waals surface area contributed by atoms with Crippen LogP contribution in [0.4, 0.5) is 0 Å². The Hall–Kier alpha value is -3.22. The predicted octanol–water partition coefficient (Wildman–Crippen LogP) is 1.79. The fraction of sp³-hybridized carbons (Fsp3) is 0.263. The van der Waals surface area contributed by atoms with Gasteiger partial charge >= 0.3 is 0 Å². The van der Waals surface area contributed by atoms with Crippen molar-refractivity contribution in [2.75, 3.05) is 26.2 Å². The zero-order valence-corrected chi connectivity index (χ0v) is 14.1. The number of phenols is 3. The number of hydrogen-bond acceptors (Lipinski definition) is 5. The fourth-order valence-corrected chi connectivity index (χ4v) is 3.00. The van der Waals surface area contributed by atoms with Gasteiger partial charge in [0.05, 0.1) is 0 Å². The van der Waals surface area contributed by atoms with Gasteiger partial charge in [0, 0.05) is 37.3 Å². The highest BCUT2D eigenvalue weighted by atomic mass is 16.3. The van der Waals surface area contributed by atoms with Gasteiger partial charge in [-0.05, 0) is 30.7 Å². The molecule has 2 aromatic rings. The summed E-state index contributed by atoms with van der Waals surface area (Å²) in [5.41, 5.74) is 0.696. The molecule has 1 aliphatic rings. The van der Waals surface area contributed by atoms with E-state index < -0.39 is 17.2 Å². The molecular formula is C19H20N2O5. The summed E-state index contributed by atoms with van der Waals surface area (Å²) in [7, 11) is 0. The fourth-order valence-electron chi connectivity index (χ4n) is 3.00. The Morgan fingerprint density at radius 1 is 0.731 bits per heavy atom. The SMILES string of the molecule is O=C(c1ccccc1)N1CCCN(C(=O)c2cc(O)c(O)c(O)c2)CC1. The first-order valence-corrected chi connectivity index (χ1v) is 8.36. The lowest BCUT2D eigenvalue weighted by atomic mass is 10.1. The smallest absolute Gasteiger partial charge is 0.254 e. The number of carbonyl (C=O) groups excluding carboxylic acids is 2. The first-order valence-electron chi connectivity index (χ1n) is 8.36. The lowest BCUT2D eigenvalue weighted by molar-refractivity contribution is 0.0718. The van der Waals surface area contributed by atoms with Crippen molar-refractivity contribution in [3.05, 3.63) is 53.6 Å². The van der Waals surface area contributed by atoms with Crippen molar-refractivity contribution in [3.8, 4) is 17.2 Å². The van der Waals surface area contributed by atoms with Gasteiger partial charge in [-0.25, -0.2) is 0 Å². The maximum absolute atomic E-state index is 12.6. The van der Waals surface area contributed by atoms with Crippen LogP contribution in [0.5, 0.6) is 17.2 Å². The third-order valence-electron chi connectivity index (χ3n) is 4.41. The summed E-state index contributed by atoms with van der Waals surface area (Å²) in [6, 6.07) is 11.2. The summed E-state index contributed by atoms with van der Waals surface area (Å²) in [5, 5.41) is 28.6. The summed E-state index contributed by atoms with van der Waals surface area (Å²) in [6.07, 6.45) is 0.625. The molecule has 0 bridgehead atoms. The Balaban J connectivity index is 1.70. The minimum absolute atomic E-state index is 0.0696. The lowest BCUT2D eigenvalue weighted by Crippen LogP contribution is -2.37. The van der Waals surface area contributed by atoms with Crippen LogP contribution in [0.25, 0.3) is 0 Å². The van der Waals surface area contributed by atoms with E-state index in [4.69, 9.17) is 0 Å². The van der Waals surface area contributed by atoms with Crippen LogP contribution >= 0.6 is 0 Å². The molecule has 0 atom stereocenters. The number of carbonyl (C=O) groups is 2. The summed E-state index contributed by atoms with van der Waals surface area (Å²) in [4.78, 5) is 28.5. The molecule has 0 aliphatic carbocycles. The van der Waals surface area contributed by atoms with Crippen molar-refractivity contribution < 1.29 is 24.9 Å². The van der Waals surface area contributed by atoms with Crippen molar-refractivity contribution in [1.82, 2.24) is 9.80 Å². The molecule has 3 N–H and O–H groups in total. The number of phenolic OH excluding ortho intramolecular Hbond substituents is 3. The summed E-state index contributed by atoms with van der Waals surface area (Å²) in [5.74, 6) is -2.20. The second-order valence-corrected chi connectivity index (χ2v) is 6.17. The van der Waals surface area contributed by atoms with E-state index in [0.717, 1.165) is 12.1 Å². The molecule has 136 valence electrons. The molecule has 0 spiro atoms. The highest BCUT2D eigenvalue weighted by molar-refractivity contribution is 5.96. The molecule has 0 unspecified atom stereocenters. The lowest BCUT2D eigenvalue weighted by Gasteiger charge is -2.22. The van der Waals surface area contributed by atoms with Gasteiger partial charge < -0.3 is 25.1 Å². The van der Waals surface area contributed by atoms with Crippen LogP contribution in [0.1, 0.15) is 27.1 Å². The highest BCUT2D eigenvalue weighted by Gasteiger charge is 2.24. The van der Waals surface area contributed by atoms with Crippen molar-refractivity contribution in [1.29, 1.82) is 0 Å². The molecule has 7 heteroatoms. The van der Waals surface area contributed by atoms with Crippen molar-refractivity contribution in [3.63, 3.8) is 0 Å². The monoisotopic (exact) mass is 356 g/mol. The molecule has 1 heterocycles. The summed E-state index contributed by atoms with van der Waals surface area (Å²) >= 11 is 0. The Kier molecular flexibility index (Phi) is 4.97. The number of aromatic hydroxyl groups is 3. The van der Waals surface area contributed by atoms with Crippen LogP contribution in [-0.2, 0) is 0 Å². The van der Waals surface area contributed by atoms with E-state index in [-0.39, 0.29) is 17.4 Å². The molecule has 1 saturated heterocycles. The molecule has 1 aliphatic heterocycles. The first-order chi connectivity index (χ1) is 12.5. The first kappa shape index (κ1) is 17.6. The Bertz CT molecular complexity index is 799. The van der Waals surface area contributed by atoms with Gasteiger partial charge in [0.2, 0.25) is 0 Å². The third kappa shape index (κ3) is 3.56. The van der Waals surface area contributed by atoms with Gasteiger partial charge in [-0.15, -0.1) is 0 Å². The van der Waals surface area contributed by atoms with Crippen LogP contribution in [0.15, 0.2) is 42.5 Å². The minimum atomic E-state index is -0.656. The Morgan fingerprint density at radius 3 is 1.77 bits per heavy atom. The number of benzene rings is 2. The van der Waals surface area contributed by atoms with Gasteiger partial charge in [0.1, 0.15) is 0 Å². The molecule has 7 nitrogen and oxygen atoms in total. The van der Waals surface area contributed by atoms with E-state index >= 15 is 0 Å². The van der Waals surface area contributed by atoms with Gasteiger partial charge in [-0.3, -0.25) is 9.59 Å². The number of rotatable bonds is 2. The second-order valence-electron chi connectivity index (χ2n) is 6.17. The van der Waals surface area contributed by atoms with E-state index in [1.54, 1.807) is 21.9 Å². The maximum Gasteiger partial charge on any atom is 0.254 e. The van der Waals surface area contributed by atoms with Crippen LogP contribution in [-0.4, -0.2) is 63.1 Å². The summed E-state index contributed by atoms with van der Waals surface area (Å²) < 4.78 is 0. The largest absolute Gasteiger partial charge is 0.504 e. The Labute approximate surface area is 150 Å². The number of hydrogen-bond donors (Lipinski definition) is 3.